The standard InChI is InChI=1S/C19H17N5OS/c26-16-9-3-1-2-6-13(16)21-12-22-17-10-4-7-14(23-17)19-24-18-15(25-19)8-5-11-20-18/h1-2,4-8,10-12,16,26H,3,9H2,(H,21,22,23). The molecule has 0 radical (unpaired) electrons. The highest BCUT2D eigenvalue weighted by Crippen LogP contribution is 2.23. The molecule has 1 atom stereocenters. The second-order valence-electron chi connectivity index (χ2n) is 5.77. The molecule has 0 saturated heterocycles. The molecule has 0 spiro atoms. The third-order valence-corrected chi connectivity index (χ3v) is 4.46. The van der Waals surface area contributed by atoms with Gasteiger partial charge in [0.1, 0.15) is 5.69 Å². The predicted molar refractivity (Wildman–Crippen MR) is 106 cm³/mol. The van der Waals surface area contributed by atoms with Crippen molar-refractivity contribution in [2.24, 2.45) is 4.99 Å². The van der Waals surface area contributed by atoms with Crippen molar-refractivity contribution < 1.29 is 4.42 Å². The van der Waals surface area contributed by atoms with E-state index in [0.717, 1.165) is 18.5 Å². The maximum Gasteiger partial charge on any atom is 0.247 e. The van der Waals surface area contributed by atoms with Gasteiger partial charge in [-0.2, -0.15) is 17.6 Å². The molecule has 0 amide bonds. The zero-order chi connectivity index (χ0) is 17.8. The Morgan fingerprint density at radius 3 is 3.12 bits per heavy atom. The van der Waals surface area contributed by atoms with Crippen LogP contribution in [-0.4, -0.2) is 26.5 Å². The Morgan fingerprint density at radius 1 is 1.23 bits per heavy atom. The summed E-state index contributed by atoms with van der Waals surface area (Å²) in [4.78, 5) is 17.4. The minimum atomic E-state index is 0.169. The van der Waals surface area contributed by atoms with Crippen LogP contribution in [-0.2, 0) is 0 Å². The Kier molecular flexibility index (Phi) is 4.79. The van der Waals surface area contributed by atoms with E-state index >= 15 is 0 Å². The largest absolute Gasteiger partial charge is 0.433 e. The van der Waals surface area contributed by atoms with E-state index < -0.39 is 0 Å². The lowest BCUT2D eigenvalue weighted by molar-refractivity contribution is 0.616. The van der Waals surface area contributed by atoms with Crippen LogP contribution >= 0.6 is 12.6 Å². The van der Waals surface area contributed by atoms with Crippen LogP contribution in [0.1, 0.15) is 12.8 Å². The molecule has 1 N–H and O–H groups in total. The Labute approximate surface area is 156 Å². The molecule has 1 unspecified atom stereocenters. The number of nitrogens with one attached hydrogen (secondary N) is 1. The minimum Gasteiger partial charge on any atom is -0.433 e. The molecule has 0 bridgehead atoms. The van der Waals surface area contributed by atoms with Crippen LogP contribution in [0.4, 0.5) is 5.82 Å². The van der Waals surface area contributed by atoms with Crippen molar-refractivity contribution in [2.75, 3.05) is 0 Å². The molecular weight excluding hydrogens is 346 g/mol. The molecule has 0 aliphatic heterocycles. The Hall–Kier alpha value is -2.93. The number of hydrogen-bond acceptors (Lipinski definition) is 6. The highest BCUT2D eigenvalue weighted by atomic mass is 32.1. The number of oxazole rings is 1. The Morgan fingerprint density at radius 2 is 2.19 bits per heavy atom. The number of fused-ring (bicyclic) bond motifs is 1. The number of rotatable bonds is 4. The lowest BCUT2D eigenvalue weighted by Gasteiger charge is -2.12. The van der Waals surface area contributed by atoms with Gasteiger partial charge in [0.2, 0.25) is 5.89 Å². The van der Waals surface area contributed by atoms with Crippen LogP contribution in [0.2, 0.25) is 0 Å². The number of aromatic nitrogens is 3. The summed E-state index contributed by atoms with van der Waals surface area (Å²) in [6.07, 6.45) is 11.5. The van der Waals surface area contributed by atoms with E-state index in [-0.39, 0.29) is 5.25 Å². The maximum absolute atomic E-state index is 5.71. The first kappa shape index (κ1) is 16.5. The average Bonchev–Trinajstić information content (AvgIpc) is 3.00. The smallest absolute Gasteiger partial charge is 0.247 e. The first-order valence-corrected chi connectivity index (χ1v) is 8.84. The fourth-order valence-electron chi connectivity index (χ4n) is 2.60. The average molecular weight is 363 g/mol. The number of allylic oxidation sites excluding steroid dienone is 3. The number of thiol groups is 1. The lowest BCUT2D eigenvalue weighted by Crippen LogP contribution is -2.18. The van der Waals surface area contributed by atoms with Crippen molar-refractivity contribution >= 4 is 36.0 Å². The van der Waals surface area contributed by atoms with Gasteiger partial charge in [-0.15, -0.1) is 0 Å². The van der Waals surface area contributed by atoms with Crippen LogP contribution in [0.15, 0.2) is 69.9 Å². The lowest BCUT2D eigenvalue weighted by atomic mass is 10.2. The molecular formula is C19H17N5OS. The topological polar surface area (TPSA) is 76.2 Å². The first-order chi connectivity index (χ1) is 12.8. The summed E-state index contributed by atoms with van der Waals surface area (Å²) in [7, 11) is 0. The van der Waals surface area contributed by atoms with E-state index in [1.807, 2.05) is 42.5 Å². The van der Waals surface area contributed by atoms with E-state index in [1.54, 1.807) is 12.5 Å². The van der Waals surface area contributed by atoms with Crippen LogP contribution in [0.5, 0.6) is 0 Å². The molecule has 1 aliphatic carbocycles. The van der Waals surface area contributed by atoms with E-state index in [4.69, 9.17) is 4.42 Å². The molecule has 0 saturated carbocycles. The van der Waals surface area contributed by atoms with Crippen LogP contribution in [0.3, 0.4) is 0 Å². The SMILES string of the molecule is SC1CCC=CC=C1N/C=N\c1cccc(-c2nc3ncccc3o2)n1. The maximum atomic E-state index is 5.71. The second-order valence-corrected chi connectivity index (χ2v) is 6.39. The van der Waals surface area contributed by atoms with Gasteiger partial charge < -0.3 is 9.73 Å². The normalized spacial score (nSPS) is 17.4. The summed E-state index contributed by atoms with van der Waals surface area (Å²) in [6.45, 7) is 0. The summed E-state index contributed by atoms with van der Waals surface area (Å²) < 4.78 is 5.71. The minimum absolute atomic E-state index is 0.169. The highest BCUT2D eigenvalue weighted by molar-refractivity contribution is 7.81. The molecule has 3 aromatic rings. The van der Waals surface area contributed by atoms with Gasteiger partial charge in [-0.3, -0.25) is 0 Å². The van der Waals surface area contributed by atoms with E-state index in [9.17, 15) is 0 Å². The molecule has 130 valence electrons. The van der Waals surface area contributed by atoms with E-state index in [0.29, 0.717) is 28.6 Å². The van der Waals surface area contributed by atoms with Gasteiger partial charge in [-0.25, -0.2) is 15.0 Å². The van der Waals surface area contributed by atoms with Gasteiger partial charge in [-0.1, -0.05) is 18.2 Å². The van der Waals surface area contributed by atoms with Crippen molar-refractivity contribution in [1.29, 1.82) is 0 Å². The number of hydrogen-bond donors (Lipinski definition) is 2. The highest BCUT2D eigenvalue weighted by Gasteiger charge is 2.11. The van der Waals surface area contributed by atoms with Crippen molar-refractivity contribution in [3.8, 4) is 11.6 Å². The molecule has 7 heteroatoms. The fraction of sp³-hybridized carbons (Fsp3) is 0.158. The van der Waals surface area contributed by atoms with E-state index in [2.05, 4.69) is 44.0 Å². The van der Waals surface area contributed by atoms with Crippen molar-refractivity contribution in [1.82, 2.24) is 20.3 Å². The molecule has 0 fully saturated rings. The molecule has 0 aromatic carbocycles. The van der Waals surface area contributed by atoms with Gasteiger partial charge in [0.05, 0.1) is 6.34 Å². The van der Waals surface area contributed by atoms with Crippen LogP contribution < -0.4 is 5.32 Å². The molecule has 3 aromatic heterocycles. The fourth-order valence-corrected chi connectivity index (χ4v) is 2.91. The van der Waals surface area contributed by atoms with Crippen molar-refractivity contribution in [3.63, 3.8) is 0 Å². The van der Waals surface area contributed by atoms with Crippen molar-refractivity contribution in [3.05, 3.63) is 60.5 Å². The molecule has 3 heterocycles. The predicted octanol–water partition coefficient (Wildman–Crippen LogP) is 4.07. The van der Waals surface area contributed by atoms with Gasteiger partial charge in [0.15, 0.2) is 17.0 Å². The van der Waals surface area contributed by atoms with Crippen LogP contribution in [0.25, 0.3) is 22.8 Å². The molecule has 26 heavy (non-hydrogen) atoms. The molecule has 6 nitrogen and oxygen atoms in total. The zero-order valence-corrected chi connectivity index (χ0v) is 14.8. The molecule has 4 rings (SSSR count). The Balaban J connectivity index is 1.52. The molecule has 1 aliphatic rings. The third-order valence-electron chi connectivity index (χ3n) is 3.92. The summed E-state index contributed by atoms with van der Waals surface area (Å²) in [5, 5.41) is 3.36. The van der Waals surface area contributed by atoms with Crippen LogP contribution in [0, 0.1) is 0 Å². The second kappa shape index (κ2) is 7.53. The van der Waals surface area contributed by atoms with Gasteiger partial charge >= 0.3 is 0 Å². The quantitative estimate of drug-likeness (QED) is 0.415. The Bertz CT molecular complexity index is 975. The monoisotopic (exact) mass is 363 g/mol. The van der Waals surface area contributed by atoms with Gasteiger partial charge in [0.25, 0.3) is 0 Å². The van der Waals surface area contributed by atoms with Gasteiger partial charge in [0, 0.05) is 17.1 Å². The third kappa shape index (κ3) is 3.67. The summed E-state index contributed by atoms with van der Waals surface area (Å²) in [5.41, 5.74) is 2.83. The number of nitrogens with zero attached hydrogens (tertiary/aromatic N) is 4. The van der Waals surface area contributed by atoms with E-state index in [1.165, 1.54) is 0 Å². The summed E-state index contributed by atoms with van der Waals surface area (Å²) in [6, 6.07) is 9.16. The van der Waals surface area contributed by atoms with Crippen molar-refractivity contribution in [2.45, 2.75) is 18.1 Å². The summed E-state index contributed by atoms with van der Waals surface area (Å²) >= 11 is 4.60. The van der Waals surface area contributed by atoms with Gasteiger partial charge in [-0.05, 0) is 43.2 Å². The first-order valence-electron chi connectivity index (χ1n) is 8.32. The summed E-state index contributed by atoms with van der Waals surface area (Å²) in [5.74, 6) is 0.987. The number of pyridine rings is 2. The number of aliphatic imine (C=N–C) groups is 1. The zero-order valence-electron chi connectivity index (χ0n) is 13.9.